The molecule has 0 bridgehead atoms. The van der Waals surface area contributed by atoms with Gasteiger partial charge in [0.05, 0.1) is 6.61 Å². The SMILES string of the molecule is CC(C)(C)C(CCN)CCC(=O)OCCC1CC1. The van der Waals surface area contributed by atoms with Crippen molar-refractivity contribution in [2.24, 2.45) is 23.0 Å². The lowest BCUT2D eigenvalue weighted by Gasteiger charge is -2.30. The second-order valence-electron chi connectivity index (χ2n) is 6.63. The zero-order valence-electron chi connectivity index (χ0n) is 12.2. The zero-order chi connectivity index (χ0) is 13.6. The Hall–Kier alpha value is -0.570. The van der Waals surface area contributed by atoms with Gasteiger partial charge in [-0.25, -0.2) is 0 Å². The van der Waals surface area contributed by atoms with Crippen LogP contribution in [0.5, 0.6) is 0 Å². The third-order valence-electron chi connectivity index (χ3n) is 3.92. The highest BCUT2D eigenvalue weighted by Crippen LogP contribution is 2.33. The summed E-state index contributed by atoms with van der Waals surface area (Å²) in [5.41, 5.74) is 5.85. The molecule has 1 rings (SSSR count). The minimum absolute atomic E-state index is 0.0399. The first-order valence-electron chi connectivity index (χ1n) is 7.29. The molecule has 3 nitrogen and oxygen atoms in total. The first-order chi connectivity index (χ1) is 8.43. The van der Waals surface area contributed by atoms with E-state index in [9.17, 15) is 4.79 Å². The van der Waals surface area contributed by atoms with Gasteiger partial charge in [-0.05, 0) is 43.1 Å². The third kappa shape index (κ3) is 6.39. The molecule has 1 atom stereocenters. The van der Waals surface area contributed by atoms with Crippen LogP contribution in [0.15, 0.2) is 0 Å². The van der Waals surface area contributed by atoms with Gasteiger partial charge >= 0.3 is 5.97 Å². The highest BCUT2D eigenvalue weighted by molar-refractivity contribution is 5.69. The van der Waals surface area contributed by atoms with Gasteiger partial charge < -0.3 is 10.5 Å². The van der Waals surface area contributed by atoms with E-state index in [0.717, 1.165) is 25.2 Å². The Morgan fingerprint density at radius 2 is 2.00 bits per heavy atom. The molecule has 0 aromatic carbocycles. The third-order valence-corrected chi connectivity index (χ3v) is 3.92. The molecule has 1 aliphatic carbocycles. The van der Waals surface area contributed by atoms with Crippen LogP contribution in [0, 0.1) is 17.3 Å². The number of carbonyl (C=O) groups is 1. The van der Waals surface area contributed by atoms with Crippen molar-refractivity contribution in [3.05, 3.63) is 0 Å². The summed E-state index contributed by atoms with van der Waals surface area (Å²) in [6.07, 6.45) is 6.10. The predicted molar refractivity (Wildman–Crippen MR) is 74.2 cm³/mol. The van der Waals surface area contributed by atoms with Crippen molar-refractivity contribution in [1.29, 1.82) is 0 Å². The molecule has 0 spiro atoms. The maximum Gasteiger partial charge on any atom is 0.305 e. The van der Waals surface area contributed by atoms with Gasteiger partial charge in [-0.3, -0.25) is 4.79 Å². The average Bonchev–Trinajstić information content (AvgIpc) is 3.06. The smallest absolute Gasteiger partial charge is 0.305 e. The highest BCUT2D eigenvalue weighted by atomic mass is 16.5. The average molecular weight is 255 g/mol. The summed E-state index contributed by atoms with van der Waals surface area (Å²) in [5, 5.41) is 0. The molecule has 3 heteroatoms. The van der Waals surface area contributed by atoms with Crippen molar-refractivity contribution >= 4 is 5.97 Å². The largest absolute Gasteiger partial charge is 0.466 e. The molecule has 1 fully saturated rings. The van der Waals surface area contributed by atoms with E-state index >= 15 is 0 Å². The molecular formula is C15H29NO2. The molecule has 0 amide bonds. The Kier molecular flexibility index (Phi) is 6.13. The molecule has 0 heterocycles. The van der Waals surface area contributed by atoms with Crippen LogP contribution in [-0.4, -0.2) is 19.1 Å². The van der Waals surface area contributed by atoms with Gasteiger partial charge in [0, 0.05) is 6.42 Å². The van der Waals surface area contributed by atoms with Crippen LogP contribution in [0.4, 0.5) is 0 Å². The van der Waals surface area contributed by atoms with Gasteiger partial charge in [0.2, 0.25) is 0 Å². The van der Waals surface area contributed by atoms with E-state index in [1.807, 2.05) is 0 Å². The molecule has 0 aliphatic heterocycles. The molecule has 0 aromatic heterocycles. The summed E-state index contributed by atoms with van der Waals surface area (Å²) < 4.78 is 5.26. The first-order valence-corrected chi connectivity index (χ1v) is 7.29. The van der Waals surface area contributed by atoms with Gasteiger partial charge in [-0.15, -0.1) is 0 Å². The topological polar surface area (TPSA) is 52.3 Å². The molecule has 0 aromatic rings. The summed E-state index contributed by atoms with van der Waals surface area (Å²) >= 11 is 0. The van der Waals surface area contributed by atoms with Crippen LogP contribution in [0.25, 0.3) is 0 Å². The molecule has 1 unspecified atom stereocenters. The van der Waals surface area contributed by atoms with Crippen LogP contribution in [-0.2, 0) is 9.53 Å². The van der Waals surface area contributed by atoms with E-state index in [0.29, 0.717) is 25.5 Å². The summed E-state index contributed by atoms with van der Waals surface area (Å²) in [4.78, 5) is 11.6. The normalized spacial score (nSPS) is 17.6. The minimum Gasteiger partial charge on any atom is -0.466 e. The van der Waals surface area contributed by atoms with Crippen molar-refractivity contribution in [2.75, 3.05) is 13.2 Å². The predicted octanol–water partition coefficient (Wildman–Crippen LogP) is 3.12. The molecule has 18 heavy (non-hydrogen) atoms. The van der Waals surface area contributed by atoms with Crippen LogP contribution < -0.4 is 5.73 Å². The van der Waals surface area contributed by atoms with Crippen molar-refractivity contribution < 1.29 is 9.53 Å². The fourth-order valence-corrected chi connectivity index (χ4v) is 2.32. The Morgan fingerprint density at radius 1 is 1.33 bits per heavy atom. The van der Waals surface area contributed by atoms with Crippen LogP contribution in [0.1, 0.15) is 59.3 Å². The lowest BCUT2D eigenvalue weighted by molar-refractivity contribution is -0.144. The summed E-state index contributed by atoms with van der Waals surface area (Å²) in [5.74, 6) is 1.29. The molecule has 0 saturated heterocycles. The minimum atomic E-state index is -0.0399. The molecule has 0 radical (unpaired) electrons. The number of ether oxygens (including phenoxy) is 1. The maximum absolute atomic E-state index is 11.6. The fourth-order valence-electron chi connectivity index (χ4n) is 2.32. The van der Waals surface area contributed by atoms with Gasteiger partial charge in [-0.1, -0.05) is 33.6 Å². The van der Waals surface area contributed by atoms with Gasteiger partial charge in [-0.2, -0.15) is 0 Å². The lowest BCUT2D eigenvalue weighted by Crippen LogP contribution is -2.24. The van der Waals surface area contributed by atoms with Gasteiger partial charge in [0.15, 0.2) is 0 Å². The monoisotopic (exact) mass is 255 g/mol. The maximum atomic E-state index is 11.6. The van der Waals surface area contributed by atoms with E-state index < -0.39 is 0 Å². The van der Waals surface area contributed by atoms with Crippen LogP contribution in [0.3, 0.4) is 0 Å². The van der Waals surface area contributed by atoms with E-state index in [2.05, 4.69) is 20.8 Å². The van der Waals surface area contributed by atoms with Crippen molar-refractivity contribution in [3.63, 3.8) is 0 Å². The standard InChI is InChI=1S/C15H29NO2/c1-15(2,3)13(8-10-16)6-7-14(17)18-11-9-12-4-5-12/h12-13H,4-11,16H2,1-3H3. The molecule has 2 N–H and O–H groups in total. The summed E-state index contributed by atoms with van der Waals surface area (Å²) in [6, 6.07) is 0. The molecule has 1 saturated carbocycles. The Morgan fingerprint density at radius 3 is 2.50 bits per heavy atom. The number of esters is 1. The van der Waals surface area contributed by atoms with E-state index in [1.54, 1.807) is 0 Å². The zero-order valence-corrected chi connectivity index (χ0v) is 12.2. The summed E-state index contributed by atoms with van der Waals surface area (Å²) in [7, 11) is 0. The number of carbonyl (C=O) groups excluding carboxylic acids is 1. The second kappa shape index (κ2) is 7.13. The number of rotatable bonds is 8. The number of hydrogen-bond acceptors (Lipinski definition) is 3. The number of hydrogen-bond donors (Lipinski definition) is 1. The summed E-state index contributed by atoms with van der Waals surface area (Å²) in [6.45, 7) is 7.95. The van der Waals surface area contributed by atoms with Crippen molar-refractivity contribution in [3.8, 4) is 0 Å². The van der Waals surface area contributed by atoms with Crippen molar-refractivity contribution in [1.82, 2.24) is 0 Å². The van der Waals surface area contributed by atoms with Gasteiger partial charge in [0.1, 0.15) is 0 Å². The second-order valence-corrected chi connectivity index (χ2v) is 6.63. The van der Waals surface area contributed by atoms with E-state index in [4.69, 9.17) is 10.5 Å². The Balaban J connectivity index is 2.16. The lowest BCUT2D eigenvalue weighted by atomic mass is 9.76. The highest BCUT2D eigenvalue weighted by Gasteiger charge is 2.25. The Labute approximate surface area is 111 Å². The van der Waals surface area contributed by atoms with Crippen LogP contribution >= 0.6 is 0 Å². The van der Waals surface area contributed by atoms with Gasteiger partial charge in [0.25, 0.3) is 0 Å². The van der Waals surface area contributed by atoms with Crippen LogP contribution in [0.2, 0.25) is 0 Å². The van der Waals surface area contributed by atoms with E-state index in [1.165, 1.54) is 12.8 Å². The molecular weight excluding hydrogens is 226 g/mol. The number of nitrogens with two attached hydrogens (primary N) is 1. The quantitative estimate of drug-likeness (QED) is 0.678. The van der Waals surface area contributed by atoms with E-state index in [-0.39, 0.29) is 11.4 Å². The molecule has 1 aliphatic rings. The first kappa shape index (κ1) is 15.5. The Bertz CT molecular complexity index is 254. The fraction of sp³-hybridized carbons (Fsp3) is 0.933. The molecule has 106 valence electrons. The van der Waals surface area contributed by atoms with Crippen molar-refractivity contribution in [2.45, 2.75) is 59.3 Å².